The second-order valence-electron chi connectivity index (χ2n) is 4.33. The molecule has 0 amide bonds. The molecule has 5 atom stereocenters. The first kappa shape index (κ1) is 11.4. The lowest BCUT2D eigenvalue weighted by molar-refractivity contribution is -0.184. The highest BCUT2D eigenvalue weighted by molar-refractivity contribution is 6.11. The Morgan fingerprint density at radius 2 is 2.20 bits per heavy atom. The van der Waals surface area contributed by atoms with E-state index in [1.54, 1.807) is 14.2 Å². The van der Waals surface area contributed by atoms with E-state index in [4.69, 9.17) is 26.8 Å². The van der Waals surface area contributed by atoms with Crippen molar-refractivity contribution in [2.24, 2.45) is 5.92 Å². The summed E-state index contributed by atoms with van der Waals surface area (Å²) in [6.45, 7) is 3.20. The van der Waals surface area contributed by atoms with Crippen LogP contribution in [0.1, 0.15) is 6.92 Å². The van der Waals surface area contributed by atoms with Crippen molar-refractivity contribution in [3.63, 3.8) is 0 Å². The molecular formula is C10H17BO4. The van der Waals surface area contributed by atoms with Gasteiger partial charge in [-0.15, -0.1) is 0 Å². The fraction of sp³-hybridized carbons (Fsp3) is 1.00. The van der Waals surface area contributed by atoms with Crippen molar-refractivity contribution in [2.75, 3.05) is 27.4 Å². The highest BCUT2D eigenvalue weighted by atomic mass is 16.6. The van der Waals surface area contributed by atoms with Gasteiger partial charge in [0.15, 0.2) is 0 Å². The highest BCUT2D eigenvalue weighted by Gasteiger charge is 2.60. The summed E-state index contributed by atoms with van der Waals surface area (Å²) in [6.07, 6.45) is -0.322. The molecule has 0 aromatic rings. The minimum absolute atomic E-state index is 0.142. The molecule has 15 heavy (non-hydrogen) atoms. The summed E-state index contributed by atoms with van der Waals surface area (Å²) < 4.78 is 22.2. The molecule has 0 spiro atoms. The first-order chi connectivity index (χ1) is 7.15. The van der Waals surface area contributed by atoms with Crippen molar-refractivity contribution in [3.8, 4) is 0 Å². The molecule has 4 nitrogen and oxygen atoms in total. The van der Waals surface area contributed by atoms with Crippen LogP contribution in [-0.4, -0.2) is 59.1 Å². The molecule has 2 rings (SSSR count). The van der Waals surface area contributed by atoms with Crippen LogP contribution >= 0.6 is 0 Å². The van der Waals surface area contributed by atoms with Gasteiger partial charge >= 0.3 is 0 Å². The molecule has 2 radical (unpaired) electrons. The molecular weight excluding hydrogens is 195 g/mol. The van der Waals surface area contributed by atoms with Gasteiger partial charge in [-0.2, -0.15) is 0 Å². The predicted molar refractivity (Wildman–Crippen MR) is 54.9 cm³/mol. The summed E-state index contributed by atoms with van der Waals surface area (Å²) in [4.78, 5) is 0. The molecule has 0 aromatic heterocycles. The van der Waals surface area contributed by atoms with E-state index >= 15 is 0 Å². The monoisotopic (exact) mass is 212 g/mol. The SMILES string of the molecule is [B][C@@H]1O[C@]2(COC)C(OC)[C@@H]1OC[C@H]2C. The standard InChI is InChI=1S/C10H17BO4/c1-6-4-14-7-8(13-3)10(6,5-12-2)15-9(7)11/h6-9H,4-5H2,1-3H3/t6-,7+,8?,9-,10+/m1/s1. The van der Waals surface area contributed by atoms with Crippen molar-refractivity contribution in [2.45, 2.75) is 30.7 Å². The molecule has 0 aliphatic carbocycles. The van der Waals surface area contributed by atoms with Gasteiger partial charge in [-0.1, -0.05) is 6.92 Å². The Kier molecular flexibility index (Phi) is 3.08. The molecule has 2 saturated heterocycles. The summed E-state index contributed by atoms with van der Waals surface area (Å²) in [7, 11) is 9.20. The van der Waals surface area contributed by atoms with Gasteiger partial charge in [0.25, 0.3) is 0 Å². The third kappa shape index (κ3) is 1.53. The minimum Gasteiger partial charge on any atom is -0.382 e. The maximum Gasteiger partial charge on any atom is 0.124 e. The van der Waals surface area contributed by atoms with Crippen LogP contribution < -0.4 is 0 Å². The first-order valence-electron chi connectivity index (χ1n) is 5.22. The van der Waals surface area contributed by atoms with Gasteiger partial charge in [0.05, 0.1) is 13.2 Å². The van der Waals surface area contributed by atoms with E-state index in [0.29, 0.717) is 13.2 Å². The van der Waals surface area contributed by atoms with Crippen LogP contribution in [0.25, 0.3) is 0 Å². The molecule has 5 heteroatoms. The lowest BCUT2D eigenvalue weighted by Gasteiger charge is -2.42. The molecule has 2 heterocycles. The topological polar surface area (TPSA) is 36.9 Å². The molecule has 2 aliphatic rings. The number of hydrogen-bond donors (Lipinski definition) is 0. The predicted octanol–water partition coefficient (Wildman–Crippen LogP) is -0.0537. The summed E-state index contributed by atoms with van der Waals surface area (Å²) in [6, 6.07) is -0.421. The van der Waals surface area contributed by atoms with Crippen molar-refractivity contribution >= 4 is 7.85 Å². The van der Waals surface area contributed by atoms with Gasteiger partial charge in [-0.05, 0) is 0 Å². The largest absolute Gasteiger partial charge is 0.382 e. The van der Waals surface area contributed by atoms with E-state index in [2.05, 4.69) is 6.92 Å². The lowest BCUT2D eigenvalue weighted by atomic mass is 9.80. The molecule has 2 bridgehead atoms. The average Bonchev–Trinajstić information content (AvgIpc) is 2.41. The fourth-order valence-electron chi connectivity index (χ4n) is 2.63. The van der Waals surface area contributed by atoms with Crippen LogP contribution in [0.4, 0.5) is 0 Å². The molecule has 0 saturated carbocycles. The Bertz CT molecular complexity index is 237. The van der Waals surface area contributed by atoms with Crippen LogP contribution in [0.3, 0.4) is 0 Å². The summed E-state index contributed by atoms with van der Waals surface area (Å²) >= 11 is 0. The summed E-state index contributed by atoms with van der Waals surface area (Å²) in [5.41, 5.74) is -0.453. The number of ether oxygens (including phenoxy) is 4. The second-order valence-corrected chi connectivity index (χ2v) is 4.33. The maximum absolute atomic E-state index is 5.88. The van der Waals surface area contributed by atoms with Crippen molar-refractivity contribution < 1.29 is 18.9 Å². The van der Waals surface area contributed by atoms with Crippen molar-refractivity contribution in [1.82, 2.24) is 0 Å². The van der Waals surface area contributed by atoms with Crippen LogP contribution in [0.5, 0.6) is 0 Å². The van der Waals surface area contributed by atoms with E-state index < -0.39 is 11.6 Å². The molecule has 2 fully saturated rings. The van der Waals surface area contributed by atoms with E-state index in [1.807, 2.05) is 0 Å². The van der Waals surface area contributed by atoms with Gasteiger partial charge in [-0.3, -0.25) is 0 Å². The quantitative estimate of drug-likeness (QED) is 0.614. The Balaban J connectivity index is 2.28. The fourth-order valence-corrected chi connectivity index (χ4v) is 2.63. The molecule has 2 aliphatic heterocycles. The van der Waals surface area contributed by atoms with Gasteiger partial charge in [0, 0.05) is 26.1 Å². The Hall–Kier alpha value is -0.0951. The van der Waals surface area contributed by atoms with Crippen LogP contribution in [0, 0.1) is 5.92 Å². The molecule has 84 valence electrons. The second kappa shape index (κ2) is 4.05. The summed E-state index contributed by atoms with van der Waals surface area (Å²) in [5.74, 6) is 0.215. The molecule has 0 N–H and O–H groups in total. The number of hydrogen-bond acceptors (Lipinski definition) is 4. The molecule has 0 aromatic carbocycles. The van der Waals surface area contributed by atoms with Gasteiger partial charge in [0.2, 0.25) is 0 Å². The van der Waals surface area contributed by atoms with Gasteiger partial charge in [0.1, 0.15) is 25.7 Å². The smallest absolute Gasteiger partial charge is 0.124 e. The minimum atomic E-state index is -0.453. The normalized spacial score (nSPS) is 49.5. The Labute approximate surface area is 91.6 Å². The van der Waals surface area contributed by atoms with Crippen molar-refractivity contribution in [1.29, 1.82) is 0 Å². The van der Waals surface area contributed by atoms with Crippen LogP contribution in [-0.2, 0) is 18.9 Å². The van der Waals surface area contributed by atoms with E-state index in [-0.39, 0.29) is 18.1 Å². The zero-order valence-electron chi connectivity index (χ0n) is 9.43. The lowest BCUT2D eigenvalue weighted by Crippen LogP contribution is -2.57. The third-order valence-corrected chi connectivity index (χ3v) is 3.46. The Morgan fingerprint density at radius 3 is 2.80 bits per heavy atom. The van der Waals surface area contributed by atoms with E-state index in [1.165, 1.54) is 0 Å². The van der Waals surface area contributed by atoms with Gasteiger partial charge in [-0.25, -0.2) is 0 Å². The van der Waals surface area contributed by atoms with Gasteiger partial charge < -0.3 is 18.9 Å². The third-order valence-electron chi connectivity index (χ3n) is 3.46. The average molecular weight is 212 g/mol. The Morgan fingerprint density at radius 1 is 1.47 bits per heavy atom. The van der Waals surface area contributed by atoms with Crippen molar-refractivity contribution in [3.05, 3.63) is 0 Å². The highest BCUT2D eigenvalue weighted by Crippen LogP contribution is 2.43. The maximum atomic E-state index is 5.88. The summed E-state index contributed by atoms with van der Waals surface area (Å²) in [5, 5.41) is 0. The number of fused-ring (bicyclic) bond motifs is 2. The van der Waals surface area contributed by atoms with Crippen LogP contribution in [0.2, 0.25) is 0 Å². The zero-order chi connectivity index (χ0) is 11.1. The van der Waals surface area contributed by atoms with Crippen LogP contribution in [0.15, 0.2) is 0 Å². The zero-order valence-corrected chi connectivity index (χ0v) is 9.43. The van der Waals surface area contributed by atoms with E-state index in [0.717, 1.165) is 0 Å². The number of rotatable bonds is 3. The van der Waals surface area contributed by atoms with E-state index in [9.17, 15) is 0 Å². The molecule has 1 unspecified atom stereocenters. The number of methoxy groups -OCH3 is 2. The first-order valence-corrected chi connectivity index (χ1v) is 5.22.